The molecule has 8 nitrogen and oxygen atoms in total. The number of morpholine rings is 1. The molecule has 2 aromatic carbocycles. The van der Waals surface area contributed by atoms with Crippen LogP contribution in [0.2, 0.25) is 0 Å². The van der Waals surface area contributed by atoms with Crippen LogP contribution in [-0.2, 0) is 9.53 Å². The zero-order valence-corrected chi connectivity index (χ0v) is 22.2. The lowest BCUT2D eigenvalue weighted by Crippen LogP contribution is -2.50. The van der Waals surface area contributed by atoms with Crippen molar-refractivity contribution >= 4 is 34.0 Å². The lowest BCUT2D eigenvalue weighted by atomic mass is 10.1. The van der Waals surface area contributed by atoms with Gasteiger partial charge >= 0.3 is 0 Å². The number of carbonyl (C=O) groups is 2. The van der Waals surface area contributed by atoms with Gasteiger partial charge in [0, 0.05) is 35.2 Å². The molecule has 9 heteroatoms. The maximum absolute atomic E-state index is 13.0. The van der Waals surface area contributed by atoms with Crippen molar-refractivity contribution in [1.29, 1.82) is 0 Å². The van der Waals surface area contributed by atoms with Crippen LogP contribution in [0.15, 0.2) is 80.7 Å². The van der Waals surface area contributed by atoms with Gasteiger partial charge in [0.25, 0.3) is 11.8 Å². The molecule has 0 saturated carbocycles. The predicted molar refractivity (Wildman–Crippen MR) is 146 cm³/mol. The van der Waals surface area contributed by atoms with E-state index in [1.165, 1.54) is 6.21 Å². The molecule has 3 aromatic rings. The van der Waals surface area contributed by atoms with Gasteiger partial charge in [-0.15, -0.1) is 0 Å². The van der Waals surface area contributed by atoms with E-state index in [0.717, 1.165) is 28.6 Å². The van der Waals surface area contributed by atoms with Crippen LogP contribution in [-0.4, -0.2) is 61.8 Å². The Morgan fingerprint density at radius 3 is 2.51 bits per heavy atom. The molecule has 37 heavy (non-hydrogen) atoms. The van der Waals surface area contributed by atoms with Crippen molar-refractivity contribution in [3.63, 3.8) is 0 Å². The van der Waals surface area contributed by atoms with E-state index in [1.54, 1.807) is 12.1 Å². The minimum absolute atomic E-state index is 0.0846. The van der Waals surface area contributed by atoms with Gasteiger partial charge in [-0.1, -0.05) is 46.3 Å². The highest BCUT2D eigenvalue weighted by molar-refractivity contribution is 9.10. The Morgan fingerprint density at radius 2 is 1.76 bits per heavy atom. The molecular formula is C28H31BrN4O4. The number of nitrogens with one attached hydrogen (secondary N) is 2. The van der Waals surface area contributed by atoms with E-state index in [4.69, 9.17) is 9.15 Å². The SMILES string of the molecule is O=C(NCCCCC(C(=O)N/N=C/c1ccc(-c2ccc(Br)cc2)o1)N1CCOCC1)c1ccccc1. The molecular weight excluding hydrogens is 536 g/mol. The summed E-state index contributed by atoms with van der Waals surface area (Å²) in [5.41, 5.74) is 4.28. The first-order valence-electron chi connectivity index (χ1n) is 12.4. The summed E-state index contributed by atoms with van der Waals surface area (Å²) in [4.78, 5) is 27.4. The van der Waals surface area contributed by atoms with E-state index < -0.39 is 0 Å². The number of carbonyl (C=O) groups excluding carboxylic acids is 2. The fourth-order valence-electron chi connectivity index (χ4n) is 4.15. The van der Waals surface area contributed by atoms with Gasteiger partial charge in [-0.05, 0) is 55.7 Å². The smallest absolute Gasteiger partial charge is 0.257 e. The normalized spacial score (nSPS) is 14.9. The average Bonchev–Trinajstić information content (AvgIpc) is 3.40. The van der Waals surface area contributed by atoms with Gasteiger partial charge in [0.05, 0.1) is 25.5 Å². The molecule has 1 unspecified atom stereocenters. The summed E-state index contributed by atoms with van der Waals surface area (Å²) in [5, 5.41) is 7.08. The molecule has 4 rings (SSSR count). The highest BCUT2D eigenvalue weighted by atomic mass is 79.9. The summed E-state index contributed by atoms with van der Waals surface area (Å²) in [6.45, 7) is 3.15. The van der Waals surface area contributed by atoms with E-state index in [-0.39, 0.29) is 17.9 Å². The van der Waals surface area contributed by atoms with Crippen molar-refractivity contribution < 1.29 is 18.7 Å². The Bertz CT molecular complexity index is 1170. The van der Waals surface area contributed by atoms with E-state index >= 15 is 0 Å². The van der Waals surface area contributed by atoms with Crippen LogP contribution in [0.5, 0.6) is 0 Å². The molecule has 0 radical (unpaired) electrons. The second-order valence-electron chi connectivity index (χ2n) is 8.73. The van der Waals surface area contributed by atoms with E-state index in [1.807, 2.05) is 54.6 Å². The van der Waals surface area contributed by atoms with Crippen LogP contribution in [0, 0.1) is 0 Å². The lowest BCUT2D eigenvalue weighted by Gasteiger charge is -2.33. The second-order valence-corrected chi connectivity index (χ2v) is 9.64. The number of rotatable bonds is 11. The molecule has 2 heterocycles. The van der Waals surface area contributed by atoms with Crippen molar-refractivity contribution in [2.45, 2.75) is 25.3 Å². The van der Waals surface area contributed by atoms with Crippen LogP contribution >= 0.6 is 15.9 Å². The quantitative estimate of drug-likeness (QED) is 0.203. The Morgan fingerprint density at radius 1 is 1.00 bits per heavy atom. The van der Waals surface area contributed by atoms with Crippen molar-refractivity contribution in [1.82, 2.24) is 15.6 Å². The van der Waals surface area contributed by atoms with E-state index in [2.05, 4.69) is 36.7 Å². The van der Waals surface area contributed by atoms with Gasteiger partial charge in [-0.2, -0.15) is 5.10 Å². The summed E-state index contributed by atoms with van der Waals surface area (Å²) in [5.74, 6) is 1.03. The molecule has 1 saturated heterocycles. The number of hydrogen-bond acceptors (Lipinski definition) is 6. The average molecular weight is 567 g/mol. The van der Waals surface area contributed by atoms with Crippen LogP contribution in [0.4, 0.5) is 0 Å². The molecule has 0 bridgehead atoms. The third kappa shape index (κ3) is 8.11. The number of unbranched alkanes of at least 4 members (excludes halogenated alkanes) is 1. The van der Waals surface area contributed by atoms with E-state index in [0.29, 0.717) is 50.6 Å². The Balaban J connectivity index is 1.27. The first-order valence-corrected chi connectivity index (χ1v) is 13.2. The summed E-state index contributed by atoms with van der Waals surface area (Å²) in [6.07, 6.45) is 3.75. The summed E-state index contributed by atoms with van der Waals surface area (Å²) in [7, 11) is 0. The van der Waals surface area contributed by atoms with Gasteiger partial charge in [0.1, 0.15) is 11.5 Å². The molecule has 2 N–H and O–H groups in total. The number of hydrogen-bond donors (Lipinski definition) is 2. The number of benzene rings is 2. The molecule has 0 aliphatic carbocycles. The summed E-state index contributed by atoms with van der Waals surface area (Å²) >= 11 is 3.43. The van der Waals surface area contributed by atoms with Crippen LogP contribution in [0.1, 0.15) is 35.4 Å². The largest absolute Gasteiger partial charge is 0.455 e. The molecule has 1 atom stereocenters. The fraction of sp³-hybridized carbons (Fsp3) is 0.321. The van der Waals surface area contributed by atoms with Gasteiger partial charge < -0.3 is 14.5 Å². The zero-order chi connectivity index (χ0) is 25.9. The van der Waals surface area contributed by atoms with Gasteiger partial charge in [0.15, 0.2) is 0 Å². The monoisotopic (exact) mass is 566 g/mol. The number of amides is 2. The minimum atomic E-state index is -0.319. The van der Waals surface area contributed by atoms with E-state index in [9.17, 15) is 9.59 Å². The van der Waals surface area contributed by atoms with Gasteiger partial charge in [-0.25, -0.2) is 5.43 Å². The highest BCUT2D eigenvalue weighted by Gasteiger charge is 2.27. The maximum atomic E-state index is 13.0. The zero-order valence-electron chi connectivity index (χ0n) is 20.6. The first-order chi connectivity index (χ1) is 18.1. The number of halogens is 1. The Labute approximate surface area is 225 Å². The highest BCUT2D eigenvalue weighted by Crippen LogP contribution is 2.23. The fourth-order valence-corrected chi connectivity index (χ4v) is 4.41. The third-order valence-corrected chi connectivity index (χ3v) is 6.67. The number of nitrogens with zero attached hydrogens (tertiary/aromatic N) is 2. The summed E-state index contributed by atoms with van der Waals surface area (Å²) < 4.78 is 12.3. The van der Waals surface area contributed by atoms with Crippen molar-refractivity contribution in [2.75, 3.05) is 32.8 Å². The lowest BCUT2D eigenvalue weighted by molar-refractivity contribution is -0.128. The second kappa shape index (κ2) is 13.9. The Kier molecular flexibility index (Phi) is 10.0. The Hall–Kier alpha value is -3.27. The van der Waals surface area contributed by atoms with Gasteiger partial charge in [-0.3, -0.25) is 14.5 Å². The molecule has 2 amide bonds. The first kappa shape index (κ1) is 26.8. The number of ether oxygens (including phenoxy) is 1. The molecule has 1 aliphatic rings. The van der Waals surface area contributed by atoms with Gasteiger partial charge in [0.2, 0.25) is 0 Å². The minimum Gasteiger partial charge on any atom is -0.455 e. The molecule has 194 valence electrons. The predicted octanol–water partition coefficient (Wildman–Crippen LogP) is 4.46. The van der Waals surface area contributed by atoms with Crippen LogP contribution in [0.25, 0.3) is 11.3 Å². The van der Waals surface area contributed by atoms with Crippen molar-refractivity contribution in [2.24, 2.45) is 5.10 Å². The summed E-state index contributed by atoms with van der Waals surface area (Å²) in [6, 6.07) is 20.4. The van der Waals surface area contributed by atoms with Crippen LogP contribution < -0.4 is 10.7 Å². The molecule has 1 aliphatic heterocycles. The molecule has 0 spiro atoms. The van der Waals surface area contributed by atoms with Crippen molar-refractivity contribution in [3.05, 3.63) is 82.5 Å². The molecule has 1 fully saturated rings. The number of furan rings is 1. The maximum Gasteiger partial charge on any atom is 0.257 e. The molecule has 1 aromatic heterocycles. The topological polar surface area (TPSA) is 96.2 Å². The van der Waals surface area contributed by atoms with Crippen molar-refractivity contribution in [3.8, 4) is 11.3 Å². The number of hydrazone groups is 1. The van der Waals surface area contributed by atoms with Crippen LogP contribution in [0.3, 0.4) is 0 Å². The standard InChI is InChI=1S/C28H31BrN4O4/c29-23-11-9-21(10-12-23)26-14-13-24(37-26)20-31-32-28(35)25(33-16-18-36-19-17-33)8-4-5-15-30-27(34)22-6-2-1-3-7-22/h1-3,6-7,9-14,20,25H,4-5,8,15-19H2,(H,30,34)(H,32,35)/b31-20+. The third-order valence-electron chi connectivity index (χ3n) is 6.14.